The van der Waals surface area contributed by atoms with Gasteiger partial charge in [0.05, 0.1) is 6.61 Å². The summed E-state index contributed by atoms with van der Waals surface area (Å²) in [6, 6.07) is 6.91. The Labute approximate surface area is 105 Å². The van der Waals surface area contributed by atoms with Gasteiger partial charge in [0, 0.05) is 6.04 Å². The number of nitrogens with one attached hydrogen (secondary N) is 1. The molecule has 1 unspecified atom stereocenters. The van der Waals surface area contributed by atoms with Crippen LogP contribution in [0.25, 0.3) is 0 Å². The van der Waals surface area contributed by atoms with Gasteiger partial charge in [-0.05, 0) is 63.4 Å². The Morgan fingerprint density at radius 2 is 2.00 bits per heavy atom. The zero-order valence-corrected chi connectivity index (χ0v) is 11.5. The molecule has 0 saturated heterocycles. The van der Waals surface area contributed by atoms with Crippen molar-refractivity contribution in [3.63, 3.8) is 0 Å². The predicted octanol–water partition coefficient (Wildman–Crippen LogP) is 3.46. The number of hydrogen-bond acceptors (Lipinski definition) is 2. The third-order valence-corrected chi connectivity index (χ3v) is 3.35. The first-order valence-electron chi connectivity index (χ1n) is 6.54. The molecule has 1 atom stereocenters. The minimum absolute atomic E-state index is 0.623. The molecule has 1 aromatic carbocycles. The summed E-state index contributed by atoms with van der Waals surface area (Å²) in [5.41, 5.74) is 2.61. The summed E-state index contributed by atoms with van der Waals surface area (Å²) in [7, 11) is 2.03. The third-order valence-electron chi connectivity index (χ3n) is 3.35. The van der Waals surface area contributed by atoms with Crippen LogP contribution in [0.4, 0.5) is 0 Å². The molecular weight excluding hydrogens is 210 g/mol. The van der Waals surface area contributed by atoms with E-state index < -0.39 is 0 Å². The molecule has 1 rings (SSSR count). The highest BCUT2D eigenvalue weighted by Gasteiger charge is 2.02. The lowest BCUT2D eigenvalue weighted by molar-refractivity contribution is 0.296. The molecule has 17 heavy (non-hydrogen) atoms. The average Bonchev–Trinajstić information content (AvgIpc) is 2.34. The van der Waals surface area contributed by atoms with E-state index in [1.165, 1.54) is 24.0 Å². The van der Waals surface area contributed by atoms with Crippen LogP contribution in [0.2, 0.25) is 0 Å². The van der Waals surface area contributed by atoms with Gasteiger partial charge >= 0.3 is 0 Å². The van der Waals surface area contributed by atoms with Crippen molar-refractivity contribution < 1.29 is 4.74 Å². The number of hydrogen-bond donors (Lipinski definition) is 1. The fourth-order valence-electron chi connectivity index (χ4n) is 1.88. The Hall–Kier alpha value is -1.02. The molecule has 1 N–H and O–H groups in total. The first-order valence-corrected chi connectivity index (χ1v) is 6.54. The first-order chi connectivity index (χ1) is 8.17. The SMILES string of the molecule is CCC(CCCOc1ccc(C)c(C)c1)NC. The monoisotopic (exact) mass is 235 g/mol. The number of aryl methyl sites for hydroxylation is 2. The molecule has 0 radical (unpaired) electrons. The normalized spacial score (nSPS) is 12.5. The van der Waals surface area contributed by atoms with Gasteiger partial charge in [0.2, 0.25) is 0 Å². The number of ether oxygens (including phenoxy) is 1. The maximum absolute atomic E-state index is 5.75. The minimum Gasteiger partial charge on any atom is -0.494 e. The molecule has 0 aliphatic carbocycles. The Morgan fingerprint density at radius 3 is 2.59 bits per heavy atom. The van der Waals surface area contributed by atoms with Gasteiger partial charge in [-0.2, -0.15) is 0 Å². The molecule has 0 aliphatic rings. The van der Waals surface area contributed by atoms with Crippen LogP contribution in [0, 0.1) is 13.8 Å². The van der Waals surface area contributed by atoms with Crippen LogP contribution >= 0.6 is 0 Å². The lowest BCUT2D eigenvalue weighted by Crippen LogP contribution is -2.24. The van der Waals surface area contributed by atoms with Gasteiger partial charge in [-0.1, -0.05) is 13.0 Å². The smallest absolute Gasteiger partial charge is 0.119 e. The van der Waals surface area contributed by atoms with Gasteiger partial charge in [-0.15, -0.1) is 0 Å². The second-order valence-electron chi connectivity index (χ2n) is 4.63. The predicted molar refractivity (Wildman–Crippen MR) is 73.8 cm³/mol. The molecule has 0 fully saturated rings. The number of rotatable bonds is 7. The van der Waals surface area contributed by atoms with Crippen molar-refractivity contribution in [3.8, 4) is 5.75 Å². The van der Waals surface area contributed by atoms with Crippen molar-refractivity contribution in [1.29, 1.82) is 0 Å². The van der Waals surface area contributed by atoms with Crippen LogP contribution in [-0.2, 0) is 0 Å². The average molecular weight is 235 g/mol. The summed E-state index contributed by atoms with van der Waals surface area (Å²) in [4.78, 5) is 0. The summed E-state index contributed by atoms with van der Waals surface area (Å²) in [5.74, 6) is 0.991. The highest BCUT2D eigenvalue weighted by Crippen LogP contribution is 2.16. The molecule has 96 valence electrons. The van der Waals surface area contributed by atoms with E-state index in [0.717, 1.165) is 18.8 Å². The van der Waals surface area contributed by atoms with Crippen LogP contribution < -0.4 is 10.1 Å². The maximum atomic E-state index is 5.75. The van der Waals surface area contributed by atoms with Gasteiger partial charge in [0.1, 0.15) is 5.75 Å². The van der Waals surface area contributed by atoms with Gasteiger partial charge < -0.3 is 10.1 Å². The van der Waals surface area contributed by atoms with Crippen molar-refractivity contribution in [2.45, 2.75) is 46.1 Å². The molecule has 0 amide bonds. The van der Waals surface area contributed by atoms with Crippen molar-refractivity contribution in [2.75, 3.05) is 13.7 Å². The van der Waals surface area contributed by atoms with Crippen molar-refractivity contribution in [3.05, 3.63) is 29.3 Å². The van der Waals surface area contributed by atoms with Gasteiger partial charge in [0.15, 0.2) is 0 Å². The largest absolute Gasteiger partial charge is 0.494 e. The van der Waals surface area contributed by atoms with E-state index in [9.17, 15) is 0 Å². The highest BCUT2D eigenvalue weighted by atomic mass is 16.5. The molecule has 0 aromatic heterocycles. The Kier molecular flexibility index (Phi) is 6.06. The zero-order chi connectivity index (χ0) is 12.7. The fourth-order valence-corrected chi connectivity index (χ4v) is 1.88. The van der Waals surface area contributed by atoms with Gasteiger partial charge in [-0.25, -0.2) is 0 Å². The summed E-state index contributed by atoms with van der Waals surface area (Å²) in [6.45, 7) is 7.26. The van der Waals surface area contributed by atoms with Crippen LogP contribution in [0.15, 0.2) is 18.2 Å². The van der Waals surface area contributed by atoms with Gasteiger partial charge in [-0.3, -0.25) is 0 Å². The molecule has 2 heteroatoms. The maximum Gasteiger partial charge on any atom is 0.119 e. The molecule has 0 bridgehead atoms. The molecule has 1 aromatic rings. The van der Waals surface area contributed by atoms with E-state index >= 15 is 0 Å². The topological polar surface area (TPSA) is 21.3 Å². The molecule has 2 nitrogen and oxygen atoms in total. The second kappa shape index (κ2) is 7.33. The van der Waals surface area contributed by atoms with Gasteiger partial charge in [0.25, 0.3) is 0 Å². The van der Waals surface area contributed by atoms with Crippen LogP contribution in [0.1, 0.15) is 37.3 Å². The highest BCUT2D eigenvalue weighted by molar-refractivity contribution is 5.33. The molecule has 0 aliphatic heterocycles. The van der Waals surface area contributed by atoms with E-state index in [1.54, 1.807) is 0 Å². The minimum atomic E-state index is 0.623. The Morgan fingerprint density at radius 1 is 1.24 bits per heavy atom. The Bertz CT molecular complexity index is 332. The van der Waals surface area contributed by atoms with Crippen LogP contribution in [0.5, 0.6) is 5.75 Å². The van der Waals surface area contributed by atoms with Crippen molar-refractivity contribution >= 4 is 0 Å². The van der Waals surface area contributed by atoms with E-state index in [-0.39, 0.29) is 0 Å². The Balaban J connectivity index is 2.28. The van der Waals surface area contributed by atoms with Crippen molar-refractivity contribution in [2.24, 2.45) is 0 Å². The number of benzene rings is 1. The molecular formula is C15H25NO. The lowest BCUT2D eigenvalue weighted by Gasteiger charge is -2.14. The zero-order valence-electron chi connectivity index (χ0n) is 11.5. The lowest BCUT2D eigenvalue weighted by atomic mass is 10.1. The standard InChI is InChI=1S/C15H25NO/c1-5-14(16-4)7-6-10-17-15-9-8-12(2)13(3)11-15/h8-9,11,14,16H,5-7,10H2,1-4H3. The third kappa shape index (κ3) is 4.78. The van der Waals surface area contributed by atoms with Crippen LogP contribution in [-0.4, -0.2) is 19.7 Å². The first kappa shape index (κ1) is 14.0. The summed E-state index contributed by atoms with van der Waals surface area (Å²) in [6.07, 6.45) is 3.46. The summed E-state index contributed by atoms with van der Waals surface area (Å²) >= 11 is 0. The van der Waals surface area contributed by atoms with E-state index in [1.807, 2.05) is 7.05 Å². The van der Waals surface area contributed by atoms with Crippen LogP contribution in [0.3, 0.4) is 0 Å². The quantitative estimate of drug-likeness (QED) is 0.731. The van der Waals surface area contributed by atoms with E-state index in [0.29, 0.717) is 6.04 Å². The molecule has 0 heterocycles. The van der Waals surface area contributed by atoms with E-state index in [2.05, 4.69) is 44.3 Å². The van der Waals surface area contributed by atoms with E-state index in [4.69, 9.17) is 4.74 Å². The van der Waals surface area contributed by atoms with Crippen molar-refractivity contribution in [1.82, 2.24) is 5.32 Å². The molecule has 0 saturated carbocycles. The summed E-state index contributed by atoms with van der Waals surface area (Å²) in [5, 5.41) is 3.31. The fraction of sp³-hybridized carbons (Fsp3) is 0.600. The molecule has 0 spiro atoms. The second-order valence-corrected chi connectivity index (χ2v) is 4.63. The summed E-state index contributed by atoms with van der Waals surface area (Å²) < 4.78 is 5.75.